The van der Waals surface area contributed by atoms with Crippen molar-refractivity contribution in [3.05, 3.63) is 47.2 Å². The molecule has 2 N–H and O–H groups in total. The van der Waals surface area contributed by atoms with E-state index in [2.05, 4.69) is 9.97 Å². The Morgan fingerprint density at radius 1 is 1.25 bits per heavy atom. The Kier molecular flexibility index (Phi) is 3.64. The average Bonchev–Trinajstić information content (AvgIpc) is 2.30. The van der Waals surface area contributed by atoms with Gasteiger partial charge in [-0.15, -0.1) is 11.8 Å². The molecule has 0 bridgehead atoms. The number of nitrogens with zero attached hydrogens (tertiary/aromatic N) is 2. The van der Waals surface area contributed by atoms with Crippen molar-refractivity contribution in [2.45, 2.75) is 10.8 Å². The molecule has 0 saturated heterocycles. The minimum atomic E-state index is 0.573. The molecular weight excluding hydrogens is 242 g/mol. The second-order valence-electron chi connectivity index (χ2n) is 3.15. The first-order valence-corrected chi connectivity index (χ1v) is 6.06. The molecule has 2 heterocycles. The Labute approximate surface area is 103 Å². The standard InChI is InChI=1S/C11H10ClN3S/c12-9-3-4-10(15-6-9)16-7-8-2-1-5-14-11(8)13/h1-6H,7H2,(H2,13,14). The van der Waals surface area contributed by atoms with Gasteiger partial charge in [0.1, 0.15) is 5.82 Å². The summed E-state index contributed by atoms with van der Waals surface area (Å²) in [4.78, 5) is 8.22. The van der Waals surface area contributed by atoms with Crippen molar-refractivity contribution < 1.29 is 0 Å². The summed E-state index contributed by atoms with van der Waals surface area (Å²) in [6.45, 7) is 0. The Bertz CT molecular complexity index is 473. The number of hydrogen-bond acceptors (Lipinski definition) is 4. The number of rotatable bonds is 3. The summed E-state index contributed by atoms with van der Waals surface area (Å²) in [7, 11) is 0. The van der Waals surface area contributed by atoms with Crippen molar-refractivity contribution in [1.82, 2.24) is 9.97 Å². The first kappa shape index (κ1) is 11.2. The Hall–Kier alpha value is -1.26. The van der Waals surface area contributed by atoms with Gasteiger partial charge in [-0.25, -0.2) is 9.97 Å². The minimum Gasteiger partial charge on any atom is -0.383 e. The van der Waals surface area contributed by atoms with Crippen LogP contribution in [-0.2, 0) is 5.75 Å². The molecule has 0 spiro atoms. The number of halogens is 1. The van der Waals surface area contributed by atoms with Crippen LogP contribution < -0.4 is 5.73 Å². The molecule has 0 amide bonds. The minimum absolute atomic E-state index is 0.573. The van der Waals surface area contributed by atoms with Crippen LogP contribution in [0.2, 0.25) is 5.02 Å². The highest BCUT2D eigenvalue weighted by molar-refractivity contribution is 7.98. The van der Waals surface area contributed by atoms with Crippen molar-refractivity contribution in [3.8, 4) is 0 Å². The molecule has 2 aromatic heterocycles. The SMILES string of the molecule is Nc1ncccc1CSc1ccc(Cl)cn1. The summed E-state index contributed by atoms with van der Waals surface area (Å²) in [5.41, 5.74) is 6.76. The predicted octanol–water partition coefficient (Wildman–Crippen LogP) is 3.00. The van der Waals surface area contributed by atoms with Gasteiger partial charge in [-0.2, -0.15) is 0 Å². The maximum atomic E-state index is 5.75. The maximum Gasteiger partial charge on any atom is 0.127 e. The summed E-state index contributed by atoms with van der Waals surface area (Å²) in [6.07, 6.45) is 3.32. The van der Waals surface area contributed by atoms with Crippen LogP contribution >= 0.6 is 23.4 Å². The number of aromatic nitrogens is 2. The van der Waals surface area contributed by atoms with Crippen LogP contribution in [0, 0.1) is 0 Å². The van der Waals surface area contributed by atoms with E-state index in [1.807, 2.05) is 24.3 Å². The molecule has 0 fully saturated rings. The average molecular weight is 252 g/mol. The van der Waals surface area contributed by atoms with Crippen LogP contribution in [0.4, 0.5) is 5.82 Å². The van der Waals surface area contributed by atoms with Crippen LogP contribution in [0.15, 0.2) is 41.7 Å². The summed E-state index contributed by atoms with van der Waals surface area (Å²) >= 11 is 7.36. The van der Waals surface area contributed by atoms with E-state index in [1.54, 1.807) is 24.2 Å². The Balaban J connectivity index is 2.02. The fraction of sp³-hybridized carbons (Fsp3) is 0.0909. The number of nitrogen functional groups attached to an aromatic ring is 1. The topological polar surface area (TPSA) is 51.8 Å². The molecule has 2 rings (SSSR count). The van der Waals surface area contributed by atoms with E-state index in [4.69, 9.17) is 17.3 Å². The number of thioether (sulfide) groups is 1. The zero-order valence-electron chi connectivity index (χ0n) is 8.43. The highest BCUT2D eigenvalue weighted by Crippen LogP contribution is 2.23. The van der Waals surface area contributed by atoms with E-state index in [0.29, 0.717) is 10.8 Å². The molecule has 0 atom stereocenters. The van der Waals surface area contributed by atoms with E-state index < -0.39 is 0 Å². The molecule has 0 saturated carbocycles. The molecule has 2 aromatic rings. The number of hydrogen-bond donors (Lipinski definition) is 1. The third-order valence-corrected chi connectivity index (χ3v) is 3.22. The maximum absolute atomic E-state index is 5.75. The molecule has 0 aromatic carbocycles. The summed E-state index contributed by atoms with van der Waals surface area (Å²) in [5, 5.41) is 1.57. The molecule has 0 radical (unpaired) electrons. The molecule has 0 unspecified atom stereocenters. The molecule has 3 nitrogen and oxygen atoms in total. The van der Waals surface area contributed by atoms with Gasteiger partial charge in [-0.1, -0.05) is 17.7 Å². The van der Waals surface area contributed by atoms with Gasteiger partial charge in [0.25, 0.3) is 0 Å². The first-order chi connectivity index (χ1) is 7.75. The molecule has 0 aliphatic heterocycles. The van der Waals surface area contributed by atoms with Crippen molar-refractivity contribution in [3.63, 3.8) is 0 Å². The molecule has 0 aliphatic carbocycles. The monoisotopic (exact) mass is 251 g/mol. The van der Waals surface area contributed by atoms with Gasteiger partial charge in [-0.05, 0) is 18.2 Å². The van der Waals surface area contributed by atoms with Crippen LogP contribution in [0.25, 0.3) is 0 Å². The van der Waals surface area contributed by atoms with Crippen molar-refractivity contribution in [2.24, 2.45) is 0 Å². The van der Waals surface area contributed by atoms with Crippen LogP contribution in [0.1, 0.15) is 5.56 Å². The molecular formula is C11H10ClN3S. The molecule has 82 valence electrons. The summed E-state index contributed by atoms with van der Waals surface area (Å²) in [5.74, 6) is 1.33. The van der Waals surface area contributed by atoms with Crippen molar-refractivity contribution in [1.29, 1.82) is 0 Å². The number of pyridine rings is 2. The summed E-state index contributed by atoms with van der Waals surface area (Å²) < 4.78 is 0. The molecule has 16 heavy (non-hydrogen) atoms. The fourth-order valence-electron chi connectivity index (χ4n) is 1.17. The van der Waals surface area contributed by atoms with E-state index in [-0.39, 0.29) is 0 Å². The van der Waals surface area contributed by atoms with E-state index in [1.165, 1.54) is 0 Å². The van der Waals surface area contributed by atoms with Gasteiger partial charge in [-0.3, -0.25) is 0 Å². The van der Waals surface area contributed by atoms with E-state index in [9.17, 15) is 0 Å². The Morgan fingerprint density at radius 2 is 2.12 bits per heavy atom. The van der Waals surface area contributed by atoms with Crippen LogP contribution in [-0.4, -0.2) is 9.97 Å². The molecule has 0 aliphatic rings. The fourth-order valence-corrected chi connectivity index (χ4v) is 2.12. The van der Waals surface area contributed by atoms with Crippen molar-refractivity contribution >= 4 is 29.2 Å². The van der Waals surface area contributed by atoms with Crippen LogP contribution in [0.5, 0.6) is 0 Å². The third kappa shape index (κ3) is 2.87. The summed E-state index contributed by atoms with van der Waals surface area (Å²) in [6, 6.07) is 7.55. The molecule has 5 heteroatoms. The quantitative estimate of drug-likeness (QED) is 0.852. The second-order valence-corrected chi connectivity index (χ2v) is 4.58. The van der Waals surface area contributed by atoms with Crippen molar-refractivity contribution in [2.75, 3.05) is 5.73 Å². The van der Waals surface area contributed by atoms with E-state index >= 15 is 0 Å². The highest BCUT2D eigenvalue weighted by Gasteiger charge is 2.01. The number of nitrogens with two attached hydrogens (primary N) is 1. The third-order valence-electron chi connectivity index (χ3n) is 2.00. The normalized spacial score (nSPS) is 10.3. The Morgan fingerprint density at radius 3 is 2.81 bits per heavy atom. The van der Waals surface area contributed by atoms with Gasteiger partial charge in [0.2, 0.25) is 0 Å². The highest BCUT2D eigenvalue weighted by atomic mass is 35.5. The first-order valence-electron chi connectivity index (χ1n) is 4.69. The largest absolute Gasteiger partial charge is 0.383 e. The zero-order valence-corrected chi connectivity index (χ0v) is 10.0. The van der Waals surface area contributed by atoms with Gasteiger partial charge >= 0.3 is 0 Å². The smallest absolute Gasteiger partial charge is 0.127 e. The zero-order chi connectivity index (χ0) is 11.4. The lowest BCUT2D eigenvalue weighted by atomic mass is 10.3. The lowest BCUT2D eigenvalue weighted by Gasteiger charge is -2.03. The van der Waals surface area contributed by atoms with E-state index in [0.717, 1.165) is 16.3 Å². The van der Waals surface area contributed by atoms with Gasteiger partial charge in [0.15, 0.2) is 0 Å². The van der Waals surface area contributed by atoms with Gasteiger partial charge in [0.05, 0.1) is 10.0 Å². The predicted molar refractivity (Wildman–Crippen MR) is 67.5 cm³/mol. The van der Waals surface area contributed by atoms with Gasteiger partial charge < -0.3 is 5.73 Å². The lowest BCUT2D eigenvalue weighted by Crippen LogP contribution is -1.95. The number of anilines is 1. The second kappa shape index (κ2) is 5.18. The van der Waals surface area contributed by atoms with Gasteiger partial charge in [0, 0.05) is 23.7 Å². The lowest BCUT2D eigenvalue weighted by molar-refractivity contribution is 1.13. The van der Waals surface area contributed by atoms with Crippen LogP contribution in [0.3, 0.4) is 0 Å².